The number of rotatable bonds is 12. The van der Waals surface area contributed by atoms with Crippen molar-refractivity contribution >= 4 is 25.5 Å². The summed E-state index contributed by atoms with van der Waals surface area (Å²) < 4.78 is 18.9. The number of nitrogens with one attached hydrogen (secondary N) is 3. The van der Waals surface area contributed by atoms with Gasteiger partial charge in [0.15, 0.2) is 0 Å². The Morgan fingerprint density at radius 2 is 1.76 bits per heavy atom. The van der Waals surface area contributed by atoms with E-state index in [-0.39, 0.29) is 6.42 Å². The fraction of sp³-hybridized carbons (Fsp3) is 0.409. The number of benzene rings is 1. The molecule has 2 aromatic rings. The predicted molar refractivity (Wildman–Crippen MR) is 125 cm³/mol. The Kier molecular flexibility index (Phi) is 9.57. The molecule has 0 fully saturated rings. The van der Waals surface area contributed by atoms with Crippen LogP contribution in [0.2, 0.25) is 0 Å². The summed E-state index contributed by atoms with van der Waals surface area (Å²) in [7, 11) is -2.54. The van der Waals surface area contributed by atoms with Gasteiger partial charge in [0.2, 0.25) is 11.8 Å². The second-order valence-corrected chi connectivity index (χ2v) is 9.80. The molecule has 0 bridgehead atoms. The molecule has 12 heteroatoms. The lowest BCUT2D eigenvalue weighted by molar-refractivity contribution is -0.142. The van der Waals surface area contributed by atoms with Gasteiger partial charge < -0.3 is 25.2 Å². The fourth-order valence-electron chi connectivity index (χ4n) is 3.15. The molecule has 0 aliphatic rings. The number of aromatic nitrogens is 1. The van der Waals surface area contributed by atoms with Crippen LogP contribution in [-0.2, 0) is 36.9 Å². The zero-order valence-corrected chi connectivity index (χ0v) is 20.4. The average Bonchev–Trinajstić information content (AvgIpc) is 3.17. The first kappa shape index (κ1) is 27.3. The third-order valence-corrected chi connectivity index (χ3v) is 6.07. The maximum Gasteiger partial charge on any atom is 0.405 e. The van der Waals surface area contributed by atoms with E-state index >= 15 is 0 Å². The van der Waals surface area contributed by atoms with Gasteiger partial charge in [0.1, 0.15) is 12.8 Å². The molecule has 2 rings (SSSR count). The van der Waals surface area contributed by atoms with E-state index in [1.54, 1.807) is 26.0 Å². The van der Waals surface area contributed by atoms with Crippen LogP contribution in [0.1, 0.15) is 26.3 Å². The summed E-state index contributed by atoms with van der Waals surface area (Å²) in [5.41, 5.74) is 2.70. The van der Waals surface area contributed by atoms with Crippen LogP contribution in [0.3, 0.4) is 0 Å². The summed E-state index contributed by atoms with van der Waals surface area (Å²) >= 11 is 0. The molecule has 0 radical (unpaired) electrons. The predicted octanol–water partition coefficient (Wildman–Crippen LogP) is 1.63. The van der Waals surface area contributed by atoms with Crippen LogP contribution in [0.15, 0.2) is 42.7 Å². The summed E-state index contributed by atoms with van der Waals surface area (Å²) in [6, 6.07) is 6.83. The number of aryl methyl sites for hydroxylation is 1. The van der Waals surface area contributed by atoms with Gasteiger partial charge in [-0.15, -0.1) is 0 Å². The lowest BCUT2D eigenvalue weighted by atomic mass is 10.0. The molecule has 0 saturated heterocycles. The molecule has 34 heavy (non-hydrogen) atoms. The largest absolute Gasteiger partial charge is 0.480 e. The quantitative estimate of drug-likeness (QED) is 0.220. The zero-order valence-electron chi connectivity index (χ0n) is 19.5. The van der Waals surface area contributed by atoms with Crippen LogP contribution < -0.4 is 15.7 Å². The normalized spacial score (nSPS) is 14.8. The van der Waals surface area contributed by atoms with E-state index in [9.17, 15) is 28.9 Å². The van der Waals surface area contributed by atoms with Crippen molar-refractivity contribution in [2.24, 2.45) is 13.0 Å². The highest BCUT2D eigenvalue weighted by Crippen LogP contribution is 2.37. The van der Waals surface area contributed by atoms with Crippen molar-refractivity contribution in [2.75, 3.05) is 6.73 Å². The van der Waals surface area contributed by atoms with Crippen molar-refractivity contribution in [1.29, 1.82) is 0 Å². The van der Waals surface area contributed by atoms with Gasteiger partial charge in [0.25, 0.3) is 0 Å². The SMILES string of the molecule is CC(=O)NCOP(=O)(O)N[C@H](C(=O)N[C@@H](Cc1ccc(-c2ccn(C)c2)cc1)C(=O)O)C(C)C. The van der Waals surface area contributed by atoms with E-state index in [4.69, 9.17) is 4.52 Å². The number of carbonyl (C=O) groups is 3. The first-order chi connectivity index (χ1) is 15.9. The minimum atomic E-state index is -4.45. The Morgan fingerprint density at radius 3 is 2.26 bits per heavy atom. The number of aliphatic carboxylic acids is 1. The lowest BCUT2D eigenvalue weighted by Gasteiger charge is -2.26. The molecule has 3 atom stereocenters. The Hall–Kier alpha value is -2.98. The van der Waals surface area contributed by atoms with Gasteiger partial charge in [0.05, 0.1) is 6.04 Å². The molecule has 1 aromatic carbocycles. The monoisotopic (exact) mass is 494 g/mol. The Labute approximate surface area is 198 Å². The van der Waals surface area contributed by atoms with Gasteiger partial charge >= 0.3 is 13.7 Å². The fourth-order valence-corrected chi connectivity index (χ4v) is 4.23. The first-order valence-electron chi connectivity index (χ1n) is 10.6. The van der Waals surface area contributed by atoms with Crippen LogP contribution in [0.25, 0.3) is 11.1 Å². The van der Waals surface area contributed by atoms with Gasteiger partial charge in [-0.1, -0.05) is 38.1 Å². The zero-order chi connectivity index (χ0) is 25.5. The smallest absolute Gasteiger partial charge is 0.405 e. The van der Waals surface area contributed by atoms with Crippen LogP contribution in [0, 0.1) is 5.92 Å². The molecule has 0 saturated carbocycles. The van der Waals surface area contributed by atoms with Crippen molar-refractivity contribution in [3.05, 3.63) is 48.3 Å². The number of carboxylic acid groups (broad SMARTS) is 1. The standard InChI is InChI=1S/C22H31N4O7P/c1-14(2)20(25-34(31,32)33-13-23-15(3)27)21(28)24-19(22(29)30)11-16-5-7-17(8-6-16)18-9-10-26(4)12-18/h5-10,12,14,19-20H,11,13H2,1-4H3,(H,23,27)(H,24,28)(H,29,30)(H2,25,31,32)/t19-,20-/m0/s1. The van der Waals surface area contributed by atoms with Crippen LogP contribution in [0.5, 0.6) is 0 Å². The Bertz CT molecular complexity index is 1050. The summed E-state index contributed by atoms with van der Waals surface area (Å²) in [6.45, 7) is 3.94. The molecule has 0 spiro atoms. The molecule has 0 aliphatic carbocycles. The van der Waals surface area contributed by atoms with E-state index in [0.29, 0.717) is 5.56 Å². The van der Waals surface area contributed by atoms with Gasteiger partial charge in [-0.2, -0.15) is 0 Å². The average molecular weight is 494 g/mol. The van der Waals surface area contributed by atoms with E-state index in [2.05, 4.69) is 15.7 Å². The molecule has 2 amide bonds. The van der Waals surface area contributed by atoms with E-state index in [1.807, 2.05) is 42.2 Å². The van der Waals surface area contributed by atoms with Crippen molar-refractivity contribution in [2.45, 2.75) is 39.3 Å². The van der Waals surface area contributed by atoms with Crippen molar-refractivity contribution in [1.82, 2.24) is 20.3 Å². The summed E-state index contributed by atoms with van der Waals surface area (Å²) in [4.78, 5) is 45.5. The van der Waals surface area contributed by atoms with Crippen LogP contribution in [-0.4, -0.2) is 51.2 Å². The number of carbonyl (C=O) groups excluding carboxylic acids is 2. The highest BCUT2D eigenvalue weighted by atomic mass is 31.2. The minimum Gasteiger partial charge on any atom is -0.480 e. The summed E-state index contributed by atoms with van der Waals surface area (Å²) in [5.74, 6) is -2.93. The van der Waals surface area contributed by atoms with Crippen molar-refractivity contribution in [3.8, 4) is 11.1 Å². The van der Waals surface area contributed by atoms with Crippen LogP contribution in [0.4, 0.5) is 0 Å². The summed E-state index contributed by atoms with van der Waals surface area (Å²) in [6.07, 6.45) is 3.92. The number of carboxylic acids is 1. The first-order valence-corrected chi connectivity index (χ1v) is 12.2. The molecule has 1 aromatic heterocycles. The van der Waals surface area contributed by atoms with E-state index in [1.165, 1.54) is 6.92 Å². The topological polar surface area (TPSA) is 159 Å². The maximum absolute atomic E-state index is 12.8. The molecular formula is C22H31N4O7P. The Morgan fingerprint density at radius 1 is 1.12 bits per heavy atom. The third-order valence-electron chi connectivity index (χ3n) is 4.99. The van der Waals surface area contributed by atoms with E-state index < -0.39 is 50.3 Å². The molecule has 1 unspecified atom stereocenters. The second kappa shape index (κ2) is 11.9. The third kappa shape index (κ3) is 8.42. The molecular weight excluding hydrogens is 463 g/mol. The number of amides is 2. The summed E-state index contributed by atoms with van der Waals surface area (Å²) in [5, 5.41) is 16.5. The minimum absolute atomic E-state index is 0.0246. The highest BCUT2D eigenvalue weighted by Gasteiger charge is 2.33. The number of hydrogen-bond acceptors (Lipinski definition) is 5. The van der Waals surface area contributed by atoms with Gasteiger partial charge in [0, 0.05) is 32.8 Å². The molecule has 5 N–H and O–H groups in total. The number of nitrogens with zero attached hydrogens (tertiary/aromatic N) is 1. The second-order valence-electron chi connectivity index (χ2n) is 8.24. The van der Waals surface area contributed by atoms with Crippen molar-refractivity contribution < 1.29 is 33.5 Å². The van der Waals surface area contributed by atoms with Crippen molar-refractivity contribution in [3.63, 3.8) is 0 Å². The molecule has 0 aliphatic heterocycles. The molecule has 1 heterocycles. The van der Waals surface area contributed by atoms with Gasteiger partial charge in [-0.3, -0.25) is 14.1 Å². The Balaban J connectivity index is 2.05. The lowest BCUT2D eigenvalue weighted by Crippen LogP contribution is -2.52. The molecule has 11 nitrogen and oxygen atoms in total. The maximum atomic E-state index is 12.8. The highest BCUT2D eigenvalue weighted by molar-refractivity contribution is 7.50. The molecule has 186 valence electrons. The van der Waals surface area contributed by atoms with Gasteiger partial charge in [-0.05, 0) is 28.7 Å². The van der Waals surface area contributed by atoms with E-state index in [0.717, 1.165) is 11.1 Å². The number of hydrogen-bond donors (Lipinski definition) is 5. The van der Waals surface area contributed by atoms with Crippen LogP contribution >= 0.6 is 7.75 Å². The van der Waals surface area contributed by atoms with Gasteiger partial charge in [-0.25, -0.2) is 14.4 Å².